The zero-order chi connectivity index (χ0) is 21.0. The Kier molecular flexibility index (Phi) is 9.12. The first-order valence-corrected chi connectivity index (χ1v) is 10.7. The second-order valence-electron chi connectivity index (χ2n) is 7.08. The molecule has 0 aliphatic carbocycles. The van der Waals surface area contributed by atoms with Gasteiger partial charge in [0.25, 0.3) is 0 Å². The average molecular weight is 417 g/mol. The maximum atomic E-state index is 5.97. The molecule has 1 atom stereocenters. The van der Waals surface area contributed by atoms with Gasteiger partial charge in [0.15, 0.2) is 23.0 Å². The van der Waals surface area contributed by atoms with Crippen molar-refractivity contribution in [3.05, 3.63) is 48.0 Å². The Morgan fingerprint density at radius 1 is 0.633 bits per heavy atom. The SMILES string of the molecule is CCC(C)c1ccc2c(c1)OCCOCCOc1ccccc1OCCOCCO2. The fraction of sp³-hybridized carbons (Fsp3) is 0.500. The van der Waals surface area contributed by atoms with Gasteiger partial charge >= 0.3 is 0 Å². The molecule has 30 heavy (non-hydrogen) atoms. The van der Waals surface area contributed by atoms with E-state index >= 15 is 0 Å². The van der Waals surface area contributed by atoms with Crippen LogP contribution in [0.1, 0.15) is 31.7 Å². The molecule has 3 rings (SSSR count). The maximum absolute atomic E-state index is 5.97. The molecule has 164 valence electrons. The van der Waals surface area contributed by atoms with Gasteiger partial charge in [-0.1, -0.05) is 32.0 Å². The Hall–Kier alpha value is -2.44. The van der Waals surface area contributed by atoms with E-state index < -0.39 is 0 Å². The van der Waals surface area contributed by atoms with Crippen molar-refractivity contribution in [2.45, 2.75) is 26.2 Å². The summed E-state index contributed by atoms with van der Waals surface area (Å²) in [6.07, 6.45) is 1.07. The van der Waals surface area contributed by atoms with Crippen molar-refractivity contribution >= 4 is 0 Å². The predicted octanol–water partition coefficient (Wildman–Crippen LogP) is 4.46. The van der Waals surface area contributed by atoms with Crippen molar-refractivity contribution in [1.29, 1.82) is 0 Å². The highest BCUT2D eigenvalue weighted by atomic mass is 16.6. The Bertz CT molecular complexity index is 763. The van der Waals surface area contributed by atoms with Crippen LogP contribution in [0, 0.1) is 0 Å². The molecule has 0 fully saturated rings. The molecule has 0 saturated carbocycles. The minimum absolute atomic E-state index is 0.439. The summed E-state index contributed by atoms with van der Waals surface area (Å²) in [4.78, 5) is 0. The van der Waals surface area contributed by atoms with Gasteiger partial charge in [0.2, 0.25) is 0 Å². The highest BCUT2D eigenvalue weighted by molar-refractivity contribution is 5.44. The summed E-state index contributed by atoms with van der Waals surface area (Å²) < 4.78 is 34.7. The summed E-state index contributed by atoms with van der Waals surface area (Å²) in [6, 6.07) is 13.7. The number of hydrogen-bond acceptors (Lipinski definition) is 6. The van der Waals surface area contributed by atoms with E-state index in [4.69, 9.17) is 28.4 Å². The van der Waals surface area contributed by atoms with E-state index in [9.17, 15) is 0 Å². The molecule has 0 saturated heterocycles. The number of fused-ring (bicyclic) bond motifs is 2. The van der Waals surface area contributed by atoms with Gasteiger partial charge in [-0.25, -0.2) is 0 Å². The first-order valence-electron chi connectivity index (χ1n) is 10.7. The normalized spacial score (nSPS) is 17.4. The second kappa shape index (κ2) is 12.3. The summed E-state index contributed by atoms with van der Waals surface area (Å²) in [6.45, 7) is 8.03. The third-order valence-corrected chi connectivity index (χ3v) is 4.94. The molecule has 1 aliphatic heterocycles. The van der Waals surface area contributed by atoms with Crippen molar-refractivity contribution in [2.24, 2.45) is 0 Å². The lowest BCUT2D eigenvalue weighted by Gasteiger charge is -2.17. The van der Waals surface area contributed by atoms with Crippen LogP contribution in [0.4, 0.5) is 0 Å². The van der Waals surface area contributed by atoms with Crippen LogP contribution in [-0.4, -0.2) is 52.9 Å². The van der Waals surface area contributed by atoms with Crippen molar-refractivity contribution in [3.63, 3.8) is 0 Å². The van der Waals surface area contributed by atoms with Gasteiger partial charge in [-0.05, 0) is 42.2 Å². The molecule has 1 heterocycles. The molecule has 1 aliphatic rings. The lowest BCUT2D eigenvalue weighted by Crippen LogP contribution is -2.15. The van der Waals surface area contributed by atoms with Gasteiger partial charge in [0.1, 0.15) is 26.4 Å². The summed E-state index contributed by atoms with van der Waals surface area (Å²) in [7, 11) is 0. The van der Waals surface area contributed by atoms with Crippen molar-refractivity contribution < 1.29 is 28.4 Å². The van der Waals surface area contributed by atoms with Crippen LogP contribution in [0.15, 0.2) is 42.5 Å². The number of hydrogen-bond donors (Lipinski definition) is 0. The van der Waals surface area contributed by atoms with E-state index in [2.05, 4.69) is 26.0 Å². The predicted molar refractivity (Wildman–Crippen MR) is 115 cm³/mol. The molecule has 2 aromatic rings. The third-order valence-electron chi connectivity index (χ3n) is 4.94. The summed E-state index contributed by atoms with van der Waals surface area (Å²) >= 11 is 0. The fourth-order valence-electron chi connectivity index (χ4n) is 3.03. The van der Waals surface area contributed by atoms with Crippen molar-refractivity contribution in [3.8, 4) is 23.0 Å². The molecular weight excluding hydrogens is 384 g/mol. The number of benzene rings is 2. The molecule has 6 nitrogen and oxygen atoms in total. The maximum Gasteiger partial charge on any atom is 0.161 e. The van der Waals surface area contributed by atoms with Crippen LogP contribution in [0.25, 0.3) is 0 Å². The summed E-state index contributed by atoms with van der Waals surface area (Å²) in [5.74, 6) is 3.33. The first-order chi connectivity index (χ1) is 14.8. The molecule has 0 aromatic heterocycles. The van der Waals surface area contributed by atoms with E-state index in [-0.39, 0.29) is 0 Å². The van der Waals surface area contributed by atoms with Crippen LogP contribution in [-0.2, 0) is 9.47 Å². The third kappa shape index (κ3) is 6.82. The zero-order valence-electron chi connectivity index (χ0n) is 17.9. The van der Waals surface area contributed by atoms with Crippen LogP contribution in [0.5, 0.6) is 23.0 Å². The molecular formula is C24H32O6. The molecule has 1 unspecified atom stereocenters. The average Bonchev–Trinajstić information content (AvgIpc) is 2.78. The number of rotatable bonds is 2. The van der Waals surface area contributed by atoms with Gasteiger partial charge in [0.05, 0.1) is 26.4 Å². The minimum atomic E-state index is 0.439. The van der Waals surface area contributed by atoms with Gasteiger partial charge in [0, 0.05) is 0 Å². The summed E-state index contributed by atoms with van der Waals surface area (Å²) in [5.41, 5.74) is 1.24. The molecule has 0 spiro atoms. The van der Waals surface area contributed by atoms with Crippen LogP contribution in [0.2, 0.25) is 0 Å². The Morgan fingerprint density at radius 3 is 1.60 bits per heavy atom. The van der Waals surface area contributed by atoms with Gasteiger partial charge in [-0.3, -0.25) is 0 Å². The zero-order valence-corrected chi connectivity index (χ0v) is 17.9. The van der Waals surface area contributed by atoms with E-state index in [0.717, 1.165) is 17.9 Å². The first kappa shape index (κ1) is 22.2. The van der Waals surface area contributed by atoms with Gasteiger partial charge in [-0.15, -0.1) is 0 Å². The number of ether oxygens (including phenoxy) is 6. The monoisotopic (exact) mass is 416 g/mol. The van der Waals surface area contributed by atoms with Gasteiger partial charge in [-0.2, -0.15) is 0 Å². The van der Waals surface area contributed by atoms with Crippen LogP contribution >= 0.6 is 0 Å². The lowest BCUT2D eigenvalue weighted by atomic mass is 9.98. The fourth-order valence-corrected chi connectivity index (χ4v) is 3.03. The standard InChI is InChI=1S/C24H32O6/c1-3-19(2)20-8-9-23-24(18-20)30-17-13-26-11-15-28-22-7-5-4-6-21(22)27-14-10-25-12-16-29-23/h4-9,18-19H,3,10-17H2,1-2H3. The highest BCUT2D eigenvalue weighted by Gasteiger charge is 2.11. The molecule has 2 aromatic carbocycles. The summed E-state index contributed by atoms with van der Waals surface area (Å²) in [5, 5.41) is 0. The van der Waals surface area contributed by atoms with Crippen LogP contribution < -0.4 is 18.9 Å². The Morgan fingerprint density at radius 2 is 1.10 bits per heavy atom. The topological polar surface area (TPSA) is 55.4 Å². The van der Waals surface area contributed by atoms with Crippen molar-refractivity contribution in [2.75, 3.05) is 52.9 Å². The molecule has 0 amide bonds. The van der Waals surface area contributed by atoms with E-state index in [1.165, 1.54) is 5.56 Å². The van der Waals surface area contributed by atoms with E-state index in [0.29, 0.717) is 70.3 Å². The molecule has 0 N–H and O–H groups in total. The molecule has 0 radical (unpaired) electrons. The number of para-hydroxylation sites is 2. The lowest BCUT2D eigenvalue weighted by molar-refractivity contribution is 0.0640. The highest BCUT2D eigenvalue weighted by Crippen LogP contribution is 2.32. The van der Waals surface area contributed by atoms with E-state index in [1.807, 2.05) is 30.3 Å². The quantitative estimate of drug-likeness (QED) is 0.720. The Labute approximate surface area is 179 Å². The largest absolute Gasteiger partial charge is 0.487 e. The smallest absolute Gasteiger partial charge is 0.161 e. The molecule has 6 heteroatoms. The van der Waals surface area contributed by atoms with Crippen LogP contribution in [0.3, 0.4) is 0 Å². The molecule has 0 bridgehead atoms. The van der Waals surface area contributed by atoms with Gasteiger partial charge < -0.3 is 28.4 Å². The second-order valence-corrected chi connectivity index (χ2v) is 7.08. The minimum Gasteiger partial charge on any atom is -0.487 e. The van der Waals surface area contributed by atoms with E-state index in [1.54, 1.807) is 0 Å². The Balaban J connectivity index is 1.61. The van der Waals surface area contributed by atoms with Crippen molar-refractivity contribution in [1.82, 2.24) is 0 Å².